The van der Waals surface area contributed by atoms with Crippen molar-refractivity contribution in [1.82, 2.24) is 4.31 Å². The van der Waals surface area contributed by atoms with Crippen molar-refractivity contribution in [3.8, 4) is 0 Å². The molecule has 1 rings (SSSR count). The van der Waals surface area contributed by atoms with Crippen molar-refractivity contribution in [3.05, 3.63) is 24.3 Å². The minimum atomic E-state index is -3.31. The summed E-state index contributed by atoms with van der Waals surface area (Å²) >= 11 is 0. The van der Waals surface area contributed by atoms with Crippen LogP contribution < -0.4 is 5.19 Å². The molecule has 0 unspecified atom stereocenters. The first kappa shape index (κ1) is 15.4. The van der Waals surface area contributed by atoms with Gasteiger partial charge >= 0.3 is 0 Å². The second-order valence-electron chi connectivity index (χ2n) is 5.36. The van der Waals surface area contributed by atoms with Crippen molar-refractivity contribution in [1.29, 1.82) is 0 Å². The molecule has 102 valence electrons. The minimum Gasteiger partial charge on any atom is -0.207 e. The molecule has 0 heterocycles. The Morgan fingerprint density at radius 3 is 1.78 bits per heavy atom. The summed E-state index contributed by atoms with van der Waals surface area (Å²) < 4.78 is 26.1. The van der Waals surface area contributed by atoms with Gasteiger partial charge in [-0.3, -0.25) is 0 Å². The van der Waals surface area contributed by atoms with Gasteiger partial charge in [-0.15, -0.1) is 0 Å². The van der Waals surface area contributed by atoms with E-state index in [1.165, 1.54) is 9.49 Å². The van der Waals surface area contributed by atoms with Gasteiger partial charge in [-0.2, -0.15) is 4.31 Å². The van der Waals surface area contributed by atoms with Crippen molar-refractivity contribution >= 4 is 23.3 Å². The van der Waals surface area contributed by atoms with E-state index in [4.69, 9.17) is 0 Å². The van der Waals surface area contributed by atoms with E-state index in [0.717, 1.165) is 0 Å². The summed E-state index contributed by atoms with van der Waals surface area (Å²) in [5, 5.41) is 1.28. The average Bonchev–Trinajstić information content (AvgIpc) is 2.29. The van der Waals surface area contributed by atoms with Crippen LogP contribution in [0.15, 0.2) is 29.2 Å². The van der Waals surface area contributed by atoms with E-state index in [1.807, 2.05) is 26.0 Å². The summed E-state index contributed by atoms with van der Waals surface area (Å²) in [4.78, 5) is 0.396. The van der Waals surface area contributed by atoms with Gasteiger partial charge in [-0.05, 0) is 12.1 Å². The number of hydrogen-bond donors (Lipinski definition) is 0. The van der Waals surface area contributed by atoms with Crippen LogP contribution in [0.25, 0.3) is 0 Å². The Bertz CT molecular complexity index is 485. The highest BCUT2D eigenvalue weighted by Gasteiger charge is 2.22. The molecular weight excluding hydrogens is 262 g/mol. The van der Waals surface area contributed by atoms with Gasteiger partial charge in [0.05, 0.1) is 13.0 Å². The fraction of sp³-hybridized carbons (Fsp3) is 0.538. The Hall–Kier alpha value is -0.653. The fourth-order valence-corrected chi connectivity index (χ4v) is 4.46. The molecule has 0 spiro atoms. The van der Waals surface area contributed by atoms with Gasteiger partial charge < -0.3 is 0 Å². The molecule has 1 aromatic carbocycles. The summed E-state index contributed by atoms with van der Waals surface area (Å²) in [6.07, 6.45) is 0. The lowest BCUT2D eigenvalue weighted by Gasteiger charge is -2.20. The second-order valence-corrected chi connectivity index (χ2v) is 12.4. The third-order valence-electron chi connectivity index (χ3n) is 3.06. The predicted molar refractivity (Wildman–Crippen MR) is 79.5 cm³/mol. The lowest BCUT2D eigenvalue weighted by Crippen LogP contribution is -2.37. The predicted octanol–water partition coefficient (Wildman–Crippen LogP) is 2.26. The molecule has 3 nitrogen and oxygen atoms in total. The topological polar surface area (TPSA) is 37.4 Å². The van der Waals surface area contributed by atoms with Gasteiger partial charge in [0.1, 0.15) is 0 Å². The number of sulfonamides is 1. The molecule has 0 aromatic heterocycles. The van der Waals surface area contributed by atoms with Crippen LogP contribution in [0, 0.1) is 0 Å². The molecule has 0 radical (unpaired) electrons. The van der Waals surface area contributed by atoms with Crippen LogP contribution in [0.1, 0.15) is 13.8 Å². The number of benzene rings is 1. The van der Waals surface area contributed by atoms with Gasteiger partial charge in [0.15, 0.2) is 0 Å². The van der Waals surface area contributed by atoms with Crippen molar-refractivity contribution in [2.45, 2.75) is 38.4 Å². The van der Waals surface area contributed by atoms with Crippen molar-refractivity contribution in [2.75, 3.05) is 13.1 Å². The molecule has 0 amide bonds. The average molecular weight is 285 g/mol. The van der Waals surface area contributed by atoms with E-state index < -0.39 is 18.1 Å². The SMILES string of the molecule is CCN(CC)S(=O)(=O)c1ccc([Si](C)(C)C)cc1. The van der Waals surface area contributed by atoms with E-state index in [-0.39, 0.29) is 0 Å². The summed E-state index contributed by atoms with van der Waals surface area (Å²) in [5.74, 6) is 0. The maximum absolute atomic E-state index is 12.3. The number of nitrogens with zero attached hydrogens (tertiary/aromatic N) is 1. The van der Waals surface area contributed by atoms with Crippen molar-refractivity contribution in [3.63, 3.8) is 0 Å². The Kier molecular flexibility index (Phi) is 4.75. The Balaban J connectivity index is 3.13. The smallest absolute Gasteiger partial charge is 0.207 e. The normalized spacial score (nSPS) is 13.0. The Labute approximate surface area is 112 Å². The van der Waals surface area contributed by atoms with E-state index in [0.29, 0.717) is 18.0 Å². The third-order valence-corrected chi connectivity index (χ3v) is 7.19. The molecule has 0 N–H and O–H groups in total. The molecule has 1 aromatic rings. The zero-order valence-corrected chi connectivity index (χ0v) is 13.7. The first-order valence-electron chi connectivity index (χ1n) is 6.34. The van der Waals surface area contributed by atoms with Crippen LogP contribution in [-0.4, -0.2) is 33.9 Å². The van der Waals surface area contributed by atoms with Gasteiger partial charge in [-0.25, -0.2) is 8.42 Å². The highest BCUT2D eigenvalue weighted by atomic mass is 32.2. The molecule has 0 bridgehead atoms. The van der Waals surface area contributed by atoms with Crippen LogP contribution in [-0.2, 0) is 10.0 Å². The van der Waals surface area contributed by atoms with Crippen LogP contribution in [0.5, 0.6) is 0 Å². The quantitative estimate of drug-likeness (QED) is 0.778. The van der Waals surface area contributed by atoms with E-state index >= 15 is 0 Å². The second kappa shape index (κ2) is 5.55. The van der Waals surface area contributed by atoms with Crippen LogP contribution in [0.4, 0.5) is 0 Å². The third kappa shape index (κ3) is 3.21. The Morgan fingerprint density at radius 2 is 1.44 bits per heavy atom. The van der Waals surface area contributed by atoms with Gasteiger partial charge in [0.25, 0.3) is 0 Å². The van der Waals surface area contributed by atoms with E-state index in [2.05, 4.69) is 19.6 Å². The van der Waals surface area contributed by atoms with Gasteiger partial charge in [0.2, 0.25) is 10.0 Å². The lowest BCUT2D eigenvalue weighted by molar-refractivity contribution is 0.445. The first-order chi connectivity index (χ1) is 8.23. The molecule has 0 aliphatic heterocycles. The van der Waals surface area contributed by atoms with E-state index in [1.54, 1.807) is 12.1 Å². The standard InChI is InChI=1S/C13H23NO2SSi/c1-6-14(7-2)17(15,16)12-8-10-13(11-9-12)18(3,4)5/h8-11H,6-7H2,1-5H3. The van der Waals surface area contributed by atoms with Gasteiger partial charge in [0, 0.05) is 13.1 Å². The maximum Gasteiger partial charge on any atom is 0.243 e. The summed E-state index contributed by atoms with van der Waals surface area (Å²) in [7, 11) is -4.68. The molecule has 5 heteroatoms. The molecule has 0 aliphatic carbocycles. The monoisotopic (exact) mass is 285 g/mol. The van der Waals surface area contributed by atoms with Crippen molar-refractivity contribution in [2.24, 2.45) is 0 Å². The maximum atomic E-state index is 12.3. The molecule has 0 atom stereocenters. The summed E-state index contributed by atoms with van der Waals surface area (Å²) in [6.45, 7) is 11.5. The fourth-order valence-electron chi connectivity index (χ4n) is 1.84. The highest BCUT2D eigenvalue weighted by molar-refractivity contribution is 7.89. The molecule has 0 aliphatic rings. The van der Waals surface area contributed by atoms with Crippen LogP contribution in [0.3, 0.4) is 0 Å². The minimum absolute atomic E-state index is 0.396. The summed E-state index contributed by atoms with van der Waals surface area (Å²) in [5.41, 5.74) is 0. The van der Waals surface area contributed by atoms with Crippen LogP contribution in [0.2, 0.25) is 19.6 Å². The zero-order valence-electron chi connectivity index (χ0n) is 11.9. The lowest BCUT2D eigenvalue weighted by atomic mass is 10.4. The van der Waals surface area contributed by atoms with Crippen LogP contribution >= 0.6 is 0 Å². The first-order valence-corrected chi connectivity index (χ1v) is 11.3. The molecule has 0 fully saturated rings. The van der Waals surface area contributed by atoms with E-state index in [9.17, 15) is 8.42 Å². The number of rotatable bonds is 5. The molecular formula is C13H23NO2SSi. The Morgan fingerprint density at radius 1 is 1.00 bits per heavy atom. The zero-order chi connectivity index (χ0) is 14.0. The van der Waals surface area contributed by atoms with Crippen molar-refractivity contribution < 1.29 is 8.42 Å². The molecule has 0 saturated carbocycles. The molecule has 0 saturated heterocycles. The largest absolute Gasteiger partial charge is 0.243 e. The van der Waals surface area contributed by atoms with Gasteiger partial charge in [-0.1, -0.05) is 50.8 Å². The summed E-state index contributed by atoms with van der Waals surface area (Å²) in [6, 6.07) is 7.40. The number of hydrogen-bond acceptors (Lipinski definition) is 2. The molecule has 18 heavy (non-hydrogen) atoms. The highest BCUT2D eigenvalue weighted by Crippen LogP contribution is 2.15.